The normalized spacial score (nSPS) is 9.39. The van der Waals surface area contributed by atoms with Gasteiger partial charge >= 0.3 is 0 Å². The standard InChI is InChI=1S/C20H16O.CH2O/c21-20-14-8-7-13-18(20)15-19(16-9-3-1-4-10-16)17-11-5-2-6-12-17;1-2/h1-15,21H;1H2. The minimum atomic E-state index is 0.293. The van der Waals surface area contributed by atoms with Crippen molar-refractivity contribution in [3.8, 4) is 5.75 Å². The van der Waals surface area contributed by atoms with Crippen molar-refractivity contribution in [2.75, 3.05) is 0 Å². The molecule has 0 aliphatic carbocycles. The molecule has 3 aromatic carbocycles. The predicted octanol–water partition coefficient (Wildman–Crippen LogP) is 4.80. The molecule has 23 heavy (non-hydrogen) atoms. The van der Waals surface area contributed by atoms with E-state index in [9.17, 15) is 5.11 Å². The summed E-state index contributed by atoms with van der Waals surface area (Å²) in [6.45, 7) is 2.00. The Balaban J connectivity index is 0.000000924. The molecule has 0 saturated heterocycles. The van der Waals surface area contributed by atoms with Gasteiger partial charge in [0.2, 0.25) is 0 Å². The summed E-state index contributed by atoms with van der Waals surface area (Å²) in [5.74, 6) is 0.293. The van der Waals surface area contributed by atoms with E-state index in [2.05, 4.69) is 24.3 Å². The van der Waals surface area contributed by atoms with Gasteiger partial charge in [0.05, 0.1) is 0 Å². The van der Waals surface area contributed by atoms with Crippen molar-refractivity contribution < 1.29 is 9.90 Å². The average Bonchev–Trinajstić information content (AvgIpc) is 2.64. The van der Waals surface area contributed by atoms with E-state index < -0.39 is 0 Å². The lowest BCUT2D eigenvalue weighted by molar-refractivity contribution is -0.0979. The molecule has 0 spiro atoms. The lowest BCUT2D eigenvalue weighted by Crippen LogP contribution is -1.88. The van der Waals surface area contributed by atoms with Crippen LogP contribution in [-0.2, 0) is 4.79 Å². The maximum absolute atomic E-state index is 10.0. The third-order valence-electron chi connectivity index (χ3n) is 3.41. The summed E-state index contributed by atoms with van der Waals surface area (Å²) < 4.78 is 0. The molecule has 0 aliphatic rings. The van der Waals surface area contributed by atoms with E-state index in [1.807, 2.05) is 67.5 Å². The second-order valence-corrected chi connectivity index (χ2v) is 4.85. The van der Waals surface area contributed by atoms with E-state index >= 15 is 0 Å². The van der Waals surface area contributed by atoms with Crippen LogP contribution < -0.4 is 0 Å². The van der Waals surface area contributed by atoms with Crippen LogP contribution in [0, 0.1) is 0 Å². The van der Waals surface area contributed by atoms with Crippen molar-refractivity contribution in [1.29, 1.82) is 0 Å². The van der Waals surface area contributed by atoms with Crippen LogP contribution in [0.2, 0.25) is 0 Å². The van der Waals surface area contributed by atoms with Crippen LogP contribution >= 0.6 is 0 Å². The van der Waals surface area contributed by atoms with Crippen molar-refractivity contribution in [3.05, 3.63) is 102 Å². The highest BCUT2D eigenvalue weighted by atomic mass is 16.3. The zero-order chi connectivity index (χ0) is 16.5. The molecule has 0 bridgehead atoms. The van der Waals surface area contributed by atoms with Gasteiger partial charge in [-0.15, -0.1) is 0 Å². The number of carbonyl (C=O) groups excluding carboxylic acids is 1. The largest absolute Gasteiger partial charge is 0.507 e. The van der Waals surface area contributed by atoms with Crippen LogP contribution in [0.25, 0.3) is 11.6 Å². The Hall–Kier alpha value is -3.13. The van der Waals surface area contributed by atoms with Gasteiger partial charge in [0.1, 0.15) is 12.5 Å². The molecule has 0 aromatic heterocycles. The summed E-state index contributed by atoms with van der Waals surface area (Å²) in [5.41, 5.74) is 4.18. The average molecular weight is 302 g/mol. The smallest absolute Gasteiger partial charge is 0.122 e. The molecule has 0 unspecified atom stereocenters. The summed E-state index contributed by atoms with van der Waals surface area (Å²) in [4.78, 5) is 8.00. The highest BCUT2D eigenvalue weighted by Gasteiger charge is 2.06. The van der Waals surface area contributed by atoms with Crippen molar-refractivity contribution >= 4 is 18.4 Å². The molecule has 3 rings (SSSR count). The maximum atomic E-state index is 10.0. The third kappa shape index (κ3) is 4.17. The summed E-state index contributed by atoms with van der Waals surface area (Å²) in [6, 6.07) is 27.8. The van der Waals surface area contributed by atoms with E-state index in [0.717, 1.165) is 22.3 Å². The van der Waals surface area contributed by atoms with Gasteiger partial charge in [-0.1, -0.05) is 78.9 Å². The van der Waals surface area contributed by atoms with E-state index in [4.69, 9.17) is 4.79 Å². The first-order valence-electron chi connectivity index (χ1n) is 7.24. The molecular formula is C21H18O2. The first-order valence-corrected chi connectivity index (χ1v) is 7.24. The molecule has 0 saturated carbocycles. The van der Waals surface area contributed by atoms with Gasteiger partial charge in [-0.05, 0) is 28.8 Å². The van der Waals surface area contributed by atoms with Gasteiger partial charge < -0.3 is 9.90 Å². The summed E-state index contributed by atoms with van der Waals surface area (Å²) in [5, 5.41) is 10.0. The molecule has 3 aromatic rings. The number of rotatable bonds is 3. The minimum Gasteiger partial charge on any atom is -0.507 e. The number of hydrogen-bond donors (Lipinski definition) is 1. The third-order valence-corrected chi connectivity index (χ3v) is 3.41. The molecule has 0 heterocycles. The highest BCUT2D eigenvalue weighted by molar-refractivity contribution is 5.92. The van der Waals surface area contributed by atoms with E-state index in [0.29, 0.717) is 5.75 Å². The Morgan fingerprint density at radius 1 is 0.696 bits per heavy atom. The molecule has 1 N–H and O–H groups in total. The van der Waals surface area contributed by atoms with E-state index in [-0.39, 0.29) is 0 Å². The topological polar surface area (TPSA) is 37.3 Å². The number of hydrogen-bond acceptors (Lipinski definition) is 2. The Labute approximate surface area is 136 Å². The predicted molar refractivity (Wildman–Crippen MR) is 95.1 cm³/mol. The van der Waals surface area contributed by atoms with E-state index in [1.165, 1.54) is 0 Å². The van der Waals surface area contributed by atoms with Crippen LogP contribution in [0.15, 0.2) is 84.9 Å². The van der Waals surface area contributed by atoms with Crippen LogP contribution in [0.4, 0.5) is 0 Å². The van der Waals surface area contributed by atoms with Gasteiger partial charge in [0, 0.05) is 5.56 Å². The monoisotopic (exact) mass is 302 g/mol. The molecule has 114 valence electrons. The first-order chi connectivity index (χ1) is 11.3. The number of phenolic OH excluding ortho intramolecular Hbond substituents is 1. The van der Waals surface area contributed by atoms with Gasteiger partial charge in [-0.25, -0.2) is 0 Å². The number of phenols is 1. The second-order valence-electron chi connectivity index (χ2n) is 4.85. The molecule has 2 heteroatoms. The van der Waals surface area contributed by atoms with Crippen molar-refractivity contribution in [2.45, 2.75) is 0 Å². The van der Waals surface area contributed by atoms with Crippen LogP contribution in [0.3, 0.4) is 0 Å². The fraction of sp³-hybridized carbons (Fsp3) is 0. The fourth-order valence-corrected chi connectivity index (χ4v) is 2.33. The molecule has 0 atom stereocenters. The van der Waals surface area contributed by atoms with Crippen molar-refractivity contribution in [3.63, 3.8) is 0 Å². The van der Waals surface area contributed by atoms with Gasteiger partial charge in [-0.3, -0.25) is 0 Å². The lowest BCUT2D eigenvalue weighted by atomic mass is 9.95. The Bertz CT molecular complexity index is 721. The maximum Gasteiger partial charge on any atom is 0.122 e. The minimum absolute atomic E-state index is 0.293. The number of para-hydroxylation sites is 1. The number of aromatic hydroxyl groups is 1. The molecule has 0 aliphatic heterocycles. The quantitative estimate of drug-likeness (QED) is 0.706. The Morgan fingerprint density at radius 2 is 1.13 bits per heavy atom. The first kappa shape index (κ1) is 16.2. The fourth-order valence-electron chi connectivity index (χ4n) is 2.33. The van der Waals surface area contributed by atoms with Crippen molar-refractivity contribution in [1.82, 2.24) is 0 Å². The van der Waals surface area contributed by atoms with Gasteiger partial charge in [0.25, 0.3) is 0 Å². The zero-order valence-corrected chi connectivity index (χ0v) is 12.7. The molecule has 0 fully saturated rings. The summed E-state index contributed by atoms with van der Waals surface area (Å²) >= 11 is 0. The van der Waals surface area contributed by atoms with Crippen LogP contribution in [0.1, 0.15) is 16.7 Å². The highest BCUT2D eigenvalue weighted by Crippen LogP contribution is 2.28. The molecule has 2 nitrogen and oxygen atoms in total. The Morgan fingerprint density at radius 3 is 1.61 bits per heavy atom. The van der Waals surface area contributed by atoms with Crippen LogP contribution in [-0.4, -0.2) is 11.9 Å². The van der Waals surface area contributed by atoms with Gasteiger partial charge in [-0.2, -0.15) is 0 Å². The van der Waals surface area contributed by atoms with Crippen LogP contribution in [0.5, 0.6) is 5.75 Å². The summed E-state index contributed by atoms with van der Waals surface area (Å²) in [7, 11) is 0. The second kappa shape index (κ2) is 8.35. The summed E-state index contributed by atoms with van der Waals surface area (Å²) in [6.07, 6.45) is 2.03. The van der Waals surface area contributed by atoms with Gasteiger partial charge in [0.15, 0.2) is 0 Å². The Kier molecular flexibility index (Phi) is 5.89. The SMILES string of the molecule is C=O.Oc1ccccc1C=C(c1ccccc1)c1ccccc1. The molecule has 0 amide bonds. The van der Waals surface area contributed by atoms with E-state index in [1.54, 1.807) is 6.07 Å². The molecule has 0 radical (unpaired) electrons. The molecular weight excluding hydrogens is 284 g/mol. The lowest BCUT2D eigenvalue weighted by Gasteiger charge is -2.09. The number of benzene rings is 3. The zero-order valence-electron chi connectivity index (χ0n) is 12.7. The van der Waals surface area contributed by atoms with Crippen molar-refractivity contribution in [2.24, 2.45) is 0 Å². The number of carbonyl (C=O) groups is 1.